The molecule has 1 aliphatic heterocycles. The number of hydrogen-bond acceptors (Lipinski definition) is 2. The summed E-state index contributed by atoms with van der Waals surface area (Å²) in [5.74, 6) is -0.536. The number of amides is 1. The highest BCUT2D eigenvalue weighted by Gasteiger charge is 2.37. The number of nitrogens with zero attached hydrogens (tertiary/aromatic N) is 1. The third-order valence-electron chi connectivity index (χ3n) is 3.39. The van der Waals surface area contributed by atoms with E-state index in [1.165, 1.54) is 18.2 Å². The SMILES string of the molecule is CCCN(C(=O)c1ccccc1C(F)(F)F)C1CNC1. The summed E-state index contributed by atoms with van der Waals surface area (Å²) in [6, 6.07) is 4.96. The Balaban J connectivity index is 2.31. The molecule has 0 saturated carbocycles. The van der Waals surface area contributed by atoms with Gasteiger partial charge < -0.3 is 10.2 Å². The van der Waals surface area contributed by atoms with Crippen molar-refractivity contribution in [2.45, 2.75) is 25.6 Å². The number of halogens is 3. The van der Waals surface area contributed by atoms with Crippen LogP contribution in [0.4, 0.5) is 13.2 Å². The fourth-order valence-corrected chi connectivity index (χ4v) is 2.26. The van der Waals surface area contributed by atoms with Gasteiger partial charge in [-0.25, -0.2) is 0 Å². The number of carbonyl (C=O) groups is 1. The summed E-state index contributed by atoms with van der Waals surface area (Å²) in [4.78, 5) is 14.0. The molecule has 1 amide bonds. The van der Waals surface area contributed by atoms with E-state index in [0.717, 1.165) is 12.5 Å². The van der Waals surface area contributed by atoms with E-state index in [4.69, 9.17) is 0 Å². The predicted octanol–water partition coefficient (Wildman–Crippen LogP) is 2.53. The summed E-state index contributed by atoms with van der Waals surface area (Å²) in [7, 11) is 0. The summed E-state index contributed by atoms with van der Waals surface area (Å²) in [6.07, 6.45) is -3.79. The maximum atomic E-state index is 13.0. The third kappa shape index (κ3) is 2.95. The molecule has 0 aromatic heterocycles. The highest BCUT2D eigenvalue weighted by molar-refractivity contribution is 5.96. The first-order chi connectivity index (χ1) is 9.45. The van der Waals surface area contributed by atoms with Gasteiger partial charge in [0.1, 0.15) is 0 Å². The van der Waals surface area contributed by atoms with Gasteiger partial charge in [0.15, 0.2) is 0 Å². The van der Waals surface area contributed by atoms with Gasteiger partial charge in [0, 0.05) is 19.6 Å². The van der Waals surface area contributed by atoms with Gasteiger partial charge in [-0.1, -0.05) is 19.1 Å². The maximum absolute atomic E-state index is 13.0. The lowest BCUT2D eigenvalue weighted by Crippen LogP contribution is -2.59. The first kappa shape index (κ1) is 14.8. The highest BCUT2D eigenvalue weighted by Crippen LogP contribution is 2.32. The van der Waals surface area contributed by atoms with E-state index in [-0.39, 0.29) is 11.6 Å². The van der Waals surface area contributed by atoms with Crippen LogP contribution in [0, 0.1) is 0 Å². The van der Waals surface area contributed by atoms with Crippen LogP contribution in [0.15, 0.2) is 24.3 Å². The summed E-state index contributed by atoms with van der Waals surface area (Å²) < 4.78 is 38.9. The second-order valence-electron chi connectivity index (χ2n) is 4.85. The van der Waals surface area contributed by atoms with Crippen LogP contribution >= 0.6 is 0 Å². The van der Waals surface area contributed by atoms with Crippen molar-refractivity contribution >= 4 is 5.91 Å². The van der Waals surface area contributed by atoms with Crippen molar-refractivity contribution in [1.29, 1.82) is 0 Å². The largest absolute Gasteiger partial charge is 0.417 e. The van der Waals surface area contributed by atoms with Crippen LogP contribution in [0.1, 0.15) is 29.3 Å². The zero-order valence-corrected chi connectivity index (χ0v) is 11.2. The molecule has 1 saturated heterocycles. The third-order valence-corrected chi connectivity index (χ3v) is 3.39. The molecule has 3 nitrogen and oxygen atoms in total. The van der Waals surface area contributed by atoms with E-state index in [0.29, 0.717) is 19.6 Å². The Morgan fingerprint density at radius 2 is 2.00 bits per heavy atom. The van der Waals surface area contributed by atoms with Crippen LogP contribution < -0.4 is 5.32 Å². The molecule has 20 heavy (non-hydrogen) atoms. The van der Waals surface area contributed by atoms with E-state index < -0.39 is 17.6 Å². The fourth-order valence-electron chi connectivity index (χ4n) is 2.26. The van der Waals surface area contributed by atoms with E-state index >= 15 is 0 Å². The van der Waals surface area contributed by atoms with Crippen molar-refractivity contribution in [3.63, 3.8) is 0 Å². The summed E-state index contributed by atoms with van der Waals surface area (Å²) >= 11 is 0. The van der Waals surface area contributed by atoms with Crippen LogP contribution in [0.5, 0.6) is 0 Å². The average molecular weight is 286 g/mol. The minimum Gasteiger partial charge on any atom is -0.333 e. The second kappa shape index (κ2) is 5.83. The van der Waals surface area contributed by atoms with E-state index in [1.807, 2.05) is 6.92 Å². The molecule has 0 unspecified atom stereocenters. The number of rotatable bonds is 4. The van der Waals surface area contributed by atoms with Crippen LogP contribution in [0.2, 0.25) is 0 Å². The zero-order chi connectivity index (χ0) is 14.8. The predicted molar refractivity (Wildman–Crippen MR) is 69.4 cm³/mol. The van der Waals surface area contributed by atoms with Gasteiger partial charge in [-0.15, -0.1) is 0 Å². The standard InChI is InChI=1S/C14H17F3N2O/c1-2-7-19(10-8-18-9-10)13(20)11-5-3-4-6-12(11)14(15,16)17/h3-6,10,18H,2,7-9H2,1H3. The Kier molecular flexibility index (Phi) is 4.32. The number of hydrogen-bond donors (Lipinski definition) is 1. The molecule has 1 N–H and O–H groups in total. The van der Waals surface area contributed by atoms with Crippen LogP contribution in [0.25, 0.3) is 0 Å². The molecule has 2 rings (SSSR count). The number of carbonyl (C=O) groups excluding carboxylic acids is 1. The Bertz CT molecular complexity index is 484. The molecule has 0 spiro atoms. The normalized spacial score (nSPS) is 15.8. The minimum atomic E-state index is -4.51. The van der Waals surface area contributed by atoms with E-state index in [9.17, 15) is 18.0 Å². The van der Waals surface area contributed by atoms with Gasteiger partial charge in [0.2, 0.25) is 0 Å². The van der Waals surface area contributed by atoms with Gasteiger partial charge in [0.05, 0.1) is 17.2 Å². The summed E-state index contributed by atoms with van der Waals surface area (Å²) in [5, 5.41) is 3.04. The fraction of sp³-hybridized carbons (Fsp3) is 0.500. The van der Waals surface area contributed by atoms with Gasteiger partial charge >= 0.3 is 6.18 Å². The molecule has 1 heterocycles. The highest BCUT2D eigenvalue weighted by atomic mass is 19.4. The van der Waals surface area contributed by atoms with E-state index in [1.54, 1.807) is 4.90 Å². The number of benzene rings is 1. The molecule has 1 fully saturated rings. The van der Waals surface area contributed by atoms with Crippen molar-refractivity contribution in [2.75, 3.05) is 19.6 Å². The Labute approximate surface area is 115 Å². The smallest absolute Gasteiger partial charge is 0.333 e. The van der Waals surface area contributed by atoms with Crippen molar-refractivity contribution in [3.05, 3.63) is 35.4 Å². The lowest BCUT2D eigenvalue weighted by molar-refractivity contribution is -0.138. The first-order valence-electron chi connectivity index (χ1n) is 6.63. The number of alkyl halides is 3. The van der Waals surface area contributed by atoms with E-state index in [2.05, 4.69) is 5.32 Å². The summed E-state index contributed by atoms with van der Waals surface area (Å²) in [6.45, 7) is 3.65. The van der Waals surface area contributed by atoms with Gasteiger partial charge in [-0.2, -0.15) is 13.2 Å². The molecule has 6 heteroatoms. The molecular weight excluding hydrogens is 269 g/mol. The Morgan fingerprint density at radius 3 is 2.50 bits per heavy atom. The molecule has 1 aromatic carbocycles. The molecule has 0 aliphatic carbocycles. The van der Waals surface area contributed by atoms with Crippen molar-refractivity contribution in [2.24, 2.45) is 0 Å². The van der Waals surface area contributed by atoms with Crippen LogP contribution in [-0.2, 0) is 6.18 Å². The van der Waals surface area contributed by atoms with Crippen molar-refractivity contribution < 1.29 is 18.0 Å². The van der Waals surface area contributed by atoms with Gasteiger partial charge in [-0.3, -0.25) is 4.79 Å². The minimum absolute atomic E-state index is 0.0104. The van der Waals surface area contributed by atoms with Gasteiger partial charge in [0.25, 0.3) is 5.91 Å². The molecule has 0 bridgehead atoms. The molecule has 110 valence electrons. The quantitative estimate of drug-likeness (QED) is 0.922. The number of nitrogens with one attached hydrogen (secondary N) is 1. The van der Waals surface area contributed by atoms with Crippen molar-refractivity contribution in [3.8, 4) is 0 Å². The van der Waals surface area contributed by atoms with Crippen LogP contribution in [0.3, 0.4) is 0 Å². The Hall–Kier alpha value is -1.56. The lowest BCUT2D eigenvalue weighted by Gasteiger charge is -2.38. The topological polar surface area (TPSA) is 32.3 Å². The molecule has 0 atom stereocenters. The molecule has 1 aliphatic rings. The molecule has 1 aromatic rings. The average Bonchev–Trinajstić information content (AvgIpc) is 2.34. The zero-order valence-electron chi connectivity index (χ0n) is 11.2. The second-order valence-corrected chi connectivity index (χ2v) is 4.85. The molecule has 0 radical (unpaired) electrons. The van der Waals surface area contributed by atoms with Crippen molar-refractivity contribution in [1.82, 2.24) is 10.2 Å². The molecular formula is C14H17F3N2O. The lowest BCUT2D eigenvalue weighted by atomic mass is 10.0. The maximum Gasteiger partial charge on any atom is 0.417 e. The Morgan fingerprint density at radius 1 is 1.35 bits per heavy atom. The first-order valence-corrected chi connectivity index (χ1v) is 6.63. The van der Waals surface area contributed by atoms with Gasteiger partial charge in [-0.05, 0) is 18.6 Å². The van der Waals surface area contributed by atoms with Crippen LogP contribution in [-0.4, -0.2) is 36.5 Å². The summed E-state index contributed by atoms with van der Waals surface area (Å²) in [5.41, 5.74) is -1.13. The monoisotopic (exact) mass is 286 g/mol.